The molecule has 0 radical (unpaired) electrons. The van der Waals surface area contributed by atoms with Crippen molar-refractivity contribution >= 4 is 16.8 Å². The molecule has 0 saturated heterocycles. The Morgan fingerprint density at radius 2 is 2.00 bits per heavy atom. The number of amides is 1. The van der Waals surface area contributed by atoms with Crippen LogP contribution in [0.25, 0.3) is 10.9 Å². The van der Waals surface area contributed by atoms with E-state index in [0.717, 1.165) is 10.4 Å². The summed E-state index contributed by atoms with van der Waals surface area (Å²) in [7, 11) is 0. The van der Waals surface area contributed by atoms with Crippen molar-refractivity contribution in [3.05, 3.63) is 36.0 Å². The maximum atomic E-state index is 12.5. The second-order valence-electron chi connectivity index (χ2n) is 4.59. The van der Waals surface area contributed by atoms with Gasteiger partial charge in [-0.3, -0.25) is 4.79 Å². The number of carbonyl (C=O) groups is 1. The lowest BCUT2D eigenvalue weighted by molar-refractivity contribution is -0.140. The maximum Gasteiger partial charge on any atom is 0.406 e. The minimum Gasteiger partial charge on any atom is -0.360 e. The second-order valence-corrected chi connectivity index (χ2v) is 4.59. The Bertz CT molecular complexity index is 604. The summed E-state index contributed by atoms with van der Waals surface area (Å²) in [5, 5.41) is 0.640. The highest BCUT2D eigenvalue weighted by atomic mass is 19.4. The van der Waals surface area contributed by atoms with Crippen LogP contribution in [0.1, 0.15) is 23.7 Å². The zero-order chi connectivity index (χ0) is 14.8. The molecule has 0 aliphatic heterocycles. The topological polar surface area (TPSA) is 36.1 Å². The molecule has 6 heteroatoms. The third-order valence-corrected chi connectivity index (χ3v) is 2.97. The third-order valence-electron chi connectivity index (χ3n) is 2.97. The molecular formula is C14H15F3N2O. The van der Waals surface area contributed by atoms with E-state index >= 15 is 0 Å². The summed E-state index contributed by atoms with van der Waals surface area (Å²) < 4.78 is 37.6. The molecule has 2 rings (SSSR count). The minimum absolute atomic E-state index is 0.0812. The van der Waals surface area contributed by atoms with Crippen LogP contribution in [0.5, 0.6) is 0 Å². The molecule has 108 valence electrons. The zero-order valence-corrected chi connectivity index (χ0v) is 11.0. The lowest BCUT2D eigenvalue weighted by atomic mass is 10.1. The number of aromatic amines is 1. The molecule has 0 saturated carbocycles. The molecule has 0 spiro atoms. The van der Waals surface area contributed by atoms with Gasteiger partial charge in [0.05, 0.1) is 5.56 Å². The molecule has 0 aliphatic rings. The fraction of sp³-hybridized carbons (Fsp3) is 0.357. The Kier molecular flexibility index (Phi) is 4.01. The summed E-state index contributed by atoms with van der Waals surface area (Å²) in [5.74, 6) is -0.596. The first kappa shape index (κ1) is 14.4. The fourth-order valence-electron chi connectivity index (χ4n) is 2.16. The summed E-state index contributed by atoms with van der Waals surface area (Å²) in [6.07, 6.45) is -2.45. The molecule has 1 aromatic carbocycles. The van der Waals surface area contributed by atoms with Crippen molar-refractivity contribution in [1.29, 1.82) is 0 Å². The van der Waals surface area contributed by atoms with Gasteiger partial charge in [0.1, 0.15) is 6.54 Å². The van der Waals surface area contributed by atoms with Crippen molar-refractivity contribution in [3.8, 4) is 0 Å². The number of H-pyrrole nitrogens is 1. The van der Waals surface area contributed by atoms with E-state index in [1.807, 2.05) is 0 Å². The van der Waals surface area contributed by atoms with Gasteiger partial charge in [-0.1, -0.05) is 25.1 Å². The van der Waals surface area contributed by atoms with Gasteiger partial charge in [-0.25, -0.2) is 0 Å². The van der Waals surface area contributed by atoms with E-state index in [1.165, 1.54) is 6.20 Å². The predicted octanol–water partition coefficient (Wildman–Crippen LogP) is 3.58. The highest BCUT2D eigenvalue weighted by Crippen LogP contribution is 2.22. The number of benzene rings is 1. The van der Waals surface area contributed by atoms with Crippen molar-refractivity contribution in [2.24, 2.45) is 0 Å². The molecule has 0 bridgehead atoms. The number of carbonyl (C=O) groups excluding carboxylic acids is 1. The van der Waals surface area contributed by atoms with Crippen molar-refractivity contribution in [2.45, 2.75) is 19.5 Å². The maximum absolute atomic E-state index is 12.5. The second kappa shape index (κ2) is 5.56. The van der Waals surface area contributed by atoms with E-state index in [0.29, 0.717) is 11.8 Å². The average molecular weight is 284 g/mol. The molecule has 2 aromatic rings. The number of hydrogen-bond donors (Lipinski definition) is 1. The summed E-state index contributed by atoms with van der Waals surface area (Å²) in [6, 6.07) is 7.05. The molecule has 1 heterocycles. The molecular weight excluding hydrogens is 269 g/mol. The Morgan fingerprint density at radius 1 is 1.30 bits per heavy atom. The quantitative estimate of drug-likeness (QED) is 0.915. The van der Waals surface area contributed by atoms with Crippen molar-refractivity contribution < 1.29 is 18.0 Å². The SMILES string of the molecule is CCCN(CC(F)(F)F)C(=O)c1c[nH]c2ccccc12. The lowest BCUT2D eigenvalue weighted by Crippen LogP contribution is -2.39. The average Bonchev–Trinajstić information content (AvgIpc) is 2.79. The molecule has 1 amide bonds. The van der Waals surface area contributed by atoms with Crippen LogP contribution < -0.4 is 0 Å². The molecule has 0 atom stereocenters. The number of hydrogen-bond acceptors (Lipinski definition) is 1. The van der Waals surface area contributed by atoms with E-state index in [-0.39, 0.29) is 12.1 Å². The molecule has 1 aromatic heterocycles. The number of para-hydroxylation sites is 1. The number of nitrogens with one attached hydrogen (secondary N) is 1. The molecule has 20 heavy (non-hydrogen) atoms. The van der Waals surface area contributed by atoms with Crippen LogP contribution in [0.15, 0.2) is 30.5 Å². The van der Waals surface area contributed by atoms with Crippen LogP contribution in [0.4, 0.5) is 13.2 Å². The van der Waals surface area contributed by atoms with Crippen LogP contribution >= 0.6 is 0 Å². The number of alkyl halides is 3. The van der Waals surface area contributed by atoms with E-state index in [9.17, 15) is 18.0 Å². The third kappa shape index (κ3) is 3.12. The minimum atomic E-state index is -4.39. The normalized spacial score (nSPS) is 11.8. The summed E-state index contributed by atoms with van der Waals surface area (Å²) in [5.41, 5.74) is 1.01. The number of rotatable bonds is 4. The Morgan fingerprint density at radius 3 is 2.65 bits per heavy atom. The van der Waals surface area contributed by atoms with Gasteiger partial charge in [0.25, 0.3) is 5.91 Å². The van der Waals surface area contributed by atoms with Crippen molar-refractivity contribution in [3.63, 3.8) is 0 Å². The highest BCUT2D eigenvalue weighted by molar-refractivity contribution is 6.06. The van der Waals surface area contributed by atoms with E-state index < -0.39 is 18.6 Å². The number of nitrogens with zero attached hydrogens (tertiary/aromatic N) is 1. The molecule has 0 aliphatic carbocycles. The van der Waals surface area contributed by atoms with Gasteiger partial charge in [0, 0.05) is 23.6 Å². The predicted molar refractivity (Wildman–Crippen MR) is 70.5 cm³/mol. The van der Waals surface area contributed by atoms with Crippen LogP contribution in [-0.2, 0) is 0 Å². The molecule has 0 unspecified atom stereocenters. The van der Waals surface area contributed by atoms with Crippen LogP contribution in [0.2, 0.25) is 0 Å². The smallest absolute Gasteiger partial charge is 0.360 e. The van der Waals surface area contributed by atoms with Gasteiger partial charge in [-0.15, -0.1) is 0 Å². The van der Waals surface area contributed by atoms with Gasteiger partial charge in [-0.05, 0) is 12.5 Å². The lowest BCUT2D eigenvalue weighted by Gasteiger charge is -2.23. The Balaban J connectivity index is 2.31. The van der Waals surface area contributed by atoms with Crippen molar-refractivity contribution in [1.82, 2.24) is 9.88 Å². The van der Waals surface area contributed by atoms with Crippen LogP contribution in [-0.4, -0.2) is 35.1 Å². The molecule has 0 fully saturated rings. The van der Waals surface area contributed by atoms with Gasteiger partial charge in [0.2, 0.25) is 0 Å². The van der Waals surface area contributed by atoms with E-state index in [1.54, 1.807) is 31.2 Å². The first-order valence-corrected chi connectivity index (χ1v) is 6.34. The monoisotopic (exact) mass is 284 g/mol. The number of halogens is 3. The van der Waals surface area contributed by atoms with Gasteiger partial charge < -0.3 is 9.88 Å². The highest BCUT2D eigenvalue weighted by Gasteiger charge is 2.33. The fourth-order valence-corrected chi connectivity index (χ4v) is 2.16. The first-order chi connectivity index (χ1) is 9.42. The Labute approximate surface area is 114 Å². The summed E-state index contributed by atoms with van der Waals surface area (Å²) in [6.45, 7) is 0.600. The zero-order valence-electron chi connectivity index (χ0n) is 11.0. The van der Waals surface area contributed by atoms with Gasteiger partial charge in [0.15, 0.2) is 0 Å². The molecule has 1 N–H and O–H groups in total. The van der Waals surface area contributed by atoms with Crippen LogP contribution in [0, 0.1) is 0 Å². The molecule has 3 nitrogen and oxygen atoms in total. The standard InChI is InChI=1S/C14H15F3N2O/c1-2-7-19(9-14(15,16)17)13(20)11-8-18-12-6-4-3-5-10(11)12/h3-6,8,18H,2,7,9H2,1H3. The Hall–Kier alpha value is -1.98. The number of aromatic nitrogens is 1. The number of fused-ring (bicyclic) bond motifs is 1. The van der Waals surface area contributed by atoms with E-state index in [2.05, 4.69) is 4.98 Å². The summed E-state index contributed by atoms with van der Waals surface area (Å²) in [4.78, 5) is 16.0. The van der Waals surface area contributed by atoms with Crippen LogP contribution in [0.3, 0.4) is 0 Å². The van der Waals surface area contributed by atoms with Crippen molar-refractivity contribution in [2.75, 3.05) is 13.1 Å². The largest absolute Gasteiger partial charge is 0.406 e. The van der Waals surface area contributed by atoms with E-state index in [4.69, 9.17) is 0 Å². The van der Waals surface area contributed by atoms with Gasteiger partial charge in [-0.2, -0.15) is 13.2 Å². The first-order valence-electron chi connectivity index (χ1n) is 6.34. The van der Waals surface area contributed by atoms with Gasteiger partial charge >= 0.3 is 6.18 Å². The summed E-state index contributed by atoms with van der Waals surface area (Å²) >= 11 is 0.